The maximum Gasteiger partial charge on any atom is 0.257 e. The second-order valence-corrected chi connectivity index (χ2v) is 6.99. The minimum absolute atomic E-state index is 0.00859. The molecule has 2 aliphatic rings. The lowest BCUT2D eigenvalue weighted by molar-refractivity contribution is -0.139. The van der Waals surface area contributed by atoms with Crippen LogP contribution in [0.5, 0.6) is 0 Å². The van der Waals surface area contributed by atoms with Crippen LogP contribution in [0, 0.1) is 5.92 Å². The SMILES string of the molecule is CCN(C(=O)C1CCN(C(=O)c2ccoc2)CC1)C1CCCCC1. The Morgan fingerprint density at radius 2 is 1.88 bits per heavy atom. The van der Waals surface area contributed by atoms with E-state index in [0.717, 1.165) is 32.2 Å². The number of carbonyl (C=O) groups excluding carboxylic acids is 2. The van der Waals surface area contributed by atoms with E-state index in [4.69, 9.17) is 4.42 Å². The zero-order valence-electron chi connectivity index (χ0n) is 14.6. The summed E-state index contributed by atoms with van der Waals surface area (Å²) in [7, 11) is 0. The lowest BCUT2D eigenvalue weighted by atomic mass is 9.90. The Morgan fingerprint density at radius 1 is 1.17 bits per heavy atom. The van der Waals surface area contributed by atoms with E-state index in [1.54, 1.807) is 6.07 Å². The molecule has 0 aromatic carbocycles. The van der Waals surface area contributed by atoms with Crippen molar-refractivity contribution in [2.45, 2.75) is 57.9 Å². The molecule has 1 aromatic heterocycles. The summed E-state index contributed by atoms with van der Waals surface area (Å²) in [5, 5.41) is 0. The predicted molar refractivity (Wildman–Crippen MR) is 91.6 cm³/mol. The highest BCUT2D eigenvalue weighted by Crippen LogP contribution is 2.27. The van der Waals surface area contributed by atoms with Crippen LogP contribution in [-0.2, 0) is 4.79 Å². The Morgan fingerprint density at radius 3 is 2.46 bits per heavy atom. The Hall–Kier alpha value is -1.78. The van der Waals surface area contributed by atoms with Gasteiger partial charge in [-0.15, -0.1) is 0 Å². The zero-order valence-corrected chi connectivity index (χ0v) is 14.6. The van der Waals surface area contributed by atoms with Gasteiger partial charge in [0.1, 0.15) is 6.26 Å². The molecule has 1 saturated carbocycles. The van der Waals surface area contributed by atoms with E-state index in [-0.39, 0.29) is 11.8 Å². The molecule has 1 aliphatic heterocycles. The average molecular weight is 332 g/mol. The van der Waals surface area contributed by atoms with E-state index in [1.807, 2.05) is 4.90 Å². The summed E-state index contributed by atoms with van der Waals surface area (Å²) in [6.45, 7) is 4.20. The lowest BCUT2D eigenvalue weighted by Gasteiger charge is -2.38. The summed E-state index contributed by atoms with van der Waals surface area (Å²) in [5.74, 6) is 0.384. The maximum absolute atomic E-state index is 12.9. The van der Waals surface area contributed by atoms with Gasteiger partial charge in [0.05, 0.1) is 11.8 Å². The van der Waals surface area contributed by atoms with Gasteiger partial charge in [-0.2, -0.15) is 0 Å². The monoisotopic (exact) mass is 332 g/mol. The summed E-state index contributed by atoms with van der Waals surface area (Å²) >= 11 is 0. The highest BCUT2D eigenvalue weighted by molar-refractivity contribution is 5.94. The van der Waals surface area contributed by atoms with Crippen molar-refractivity contribution < 1.29 is 14.0 Å². The highest BCUT2D eigenvalue weighted by atomic mass is 16.3. The Kier molecular flexibility index (Phi) is 5.59. The van der Waals surface area contributed by atoms with Crippen LogP contribution in [0.4, 0.5) is 0 Å². The van der Waals surface area contributed by atoms with Crippen LogP contribution in [-0.4, -0.2) is 47.3 Å². The van der Waals surface area contributed by atoms with Crippen LogP contribution in [0.1, 0.15) is 62.2 Å². The molecular weight excluding hydrogens is 304 g/mol. The Balaban J connectivity index is 1.55. The third kappa shape index (κ3) is 3.65. The van der Waals surface area contributed by atoms with Crippen molar-refractivity contribution in [2.75, 3.05) is 19.6 Å². The quantitative estimate of drug-likeness (QED) is 0.850. The molecule has 1 saturated heterocycles. The molecule has 5 nitrogen and oxygen atoms in total. The molecule has 0 radical (unpaired) electrons. The third-order valence-corrected chi connectivity index (χ3v) is 5.54. The molecule has 24 heavy (non-hydrogen) atoms. The van der Waals surface area contributed by atoms with Crippen LogP contribution in [0.3, 0.4) is 0 Å². The predicted octanol–water partition coefficient (Wildman–Crippen LogP) is 3.31. The minimum atomic E-state index is 0.00859. The fourth-order valence-corrected chi connectivity index (χ4v) is 4.12. The fraction of sp³-hybridized carbons (Fsp3) is 0.684. The molecule has 0 atom stereocenters. The molecular formula is C19H28N2O3. The van der Waals surface area contributed by atoms with Crippen LogP contribution in [0.2, 0.25) is 0 Å². The fourth-order valence-electron chi connectivity index (χ4n) is 4.12. The van der Waals surface area contributed by atoms with E-state index in [0.29, 0.717) is 30.6 Å². The number of nitrogens with zero attached hydrogens (tertiary/aromatic N) is 2. The van der Waals surface area contributed by atoms with Crippen LogP contribution >= 0.6 is 0 Å². The maximum atomic E-state index is 12.9. The van der Waals surface area contributed by atoms with Gasteiger partial charge < -0.3 is 14.2 Å². The van der Waals surface area contributed by atoms with Gasteiger partial charge in [-0.05, 0) is 38.7 Å². The first-order valence-electron chi connectivity index (χ1n) is 9.32. The Labute approximate surface area is 144 Å². The molecule has 0 spiro atoms. The second-order valence-electron chi connectivity index (χ2n) is 6.99. The standard InChI is InChI=1S/C19H28N2O3/c1-2-21(17-6-4-3-5-7-17)19(23)15-8-11-20(12-9-15)18(22)16-10-13-24-14-16/h10,13-15,17H,2-9,11-12H2,1H3. The van der Waals surface area contributed by atoms with Crippen LogP contribution in [0.25, 0.3) is 0 Å². The molecule has 2 heterocycles. The molecule has 0 bridgehead atoms. The van der Waals surface area contributed by atoms with Gasteiger partial charge in [-0.25, -0.2) is 0 Å². The topological polar surface area (TPSA) is 53.8 Å². The summed E-state index contributed by atoms with van der Waals surface area (Å²) in [4.78, 5) is 29.2. The molecule has 0 unspecified atom stereocenters. The van der Waals surface area contributed by atoms with E-state index >= 15 is 0 Å². The normalized spacial score (nSPS) is 20.1. The van der Waals surface area contributed by atoms with Gasteiger partial charge in [0.2, 0.25) is 5.91 Å². The summed E-state index contributed by atoms with van der Waals surface area (Å²) in [5.41, 5.74) is 0.595. The molecule has 0 N–H and O–H groups in total. The second kappa shape index (κ2) is 7.86. The summed E-state index contributed by atoms with van der Waals surface area (Å²) < 4.78 is 4.99. The van der Waals surface area contributed by atoms with Crippen molar-refractivity contribution in [1.82, 2.24) is 9.80 Å². The largest absolute Gasteiger partial charge is 0.472 e. The number of furan rings is 1. The van der Waals surface area contributed by atoms with E-state index in [1.165, 1.54) is 31.8 Å². The van der Waals surface area contributed by atoms with Gasteiger partial charge in [0.15, 0.2) is 0 Å². The van der Waals surface area contributed by atoms with Crippen molar-refractivity contribution in [3.8, 4) is 0 Å². The molecule has 132 valence electrons. The lowest BCUT2D eigenvalue weighted by Crippen LogP contribution is -2.48. The smallest absolute Gasteiger partial charge is 0.257 e. The van der Waals surface area contributed by atoms with Crippen molar-refractivity contribution in [2.24, 2.45) is 5.92 Å². The zero-order chi connectivity index (χ0) is 16.9. The van der Waals surface area contributed by atoms with E-state index in [9.17, 15) is 9.59 Å². The summed E-state index contributed by atoms with van der Waals surface area (Å²) in [6.07, 6.45) is 10.6. The van der Waals surface area contributed by atoms with Crippen LogP contribution < -0.4 is 0 Å². The van der Waals surface area contributed by atoms with Crippen molar-refractivity contribution >= 4 is 11.8 Å². The highest BCUT2D eigenvalue weighted by Gasteiger charge is 2.33. The first kappa shape index (κ1) is 17.1. The van der Waals surface area contributed by atoms with Crippen molar-refractivity contribution in [3.05, 3.63) is 24.2 Å². The van der Waals surface area contributed by atoms with E-state index < -0.39 is 0 Å². The van der Waals surface area contributed by atoms with Gasteiger partial charge in [0, 0.05) is 31.6 Å². The molecule has 2 amide bonds. The van der Waals surface area contributed by atoms with Gasteiger partial charge in [0.25, 0.3) is 5.91 Å². The first-order chi connectivity index (χ1) is 11.7. The molecule has 3 rings (SSSR count). The Bertz CT molecular complexity index is 541. The van der Waals surface area contributed by atoms with Crippen molar-refractivity contribution in [1.29, 1.82) is 0 Å². The number of carbonyl (C=O) groups is 2. The number of amides is 2. The number of likely N-dealkylation sites (tertiary alicyclic amines) is 1. The molecule has 1 aromatic rings. The molecule has 5 heteroatoms. The van der Waals surface area contributed by atoms with Gasteiger partial charge in [-0.1, -0.05) is 19.3 Å². The average Bonchev–Trinajstić information content (AvgIpc) is 3.17. The van der Waals surface area contributed by atoms with Gasteiger partial charge >= 0.3 is 0 Å². The first-order valence-corrected chi connectivity index (χ1v) is 9.32. The van der Waals surface area contributed by atoms with E-state index in [2.05, 4.69) is 11.8 Å². The minimum Gasteiger partial charge on any atom is -0.472 e. The van der Waals surface area contributed by atoms with Crippen molar-refractivity contribution in [3.63, 3.8) is 0 Å². The number of piperidine rings is 1. The third-order valence-electron chi connectivity index (χ3n) is 5.54. The number of hydrogen-bond donors (Lipinski definition) is 0. The number of hydrogen-bond acceptors (Lipinski definition) is 3. The molecule has 2 fully saturated rings. The van der Waals surface area contributed by atoms with Crippen LogP contribution in [0.15, 0.2) is 23.0 Å². The van der Waals surface area contributed by atoms with Gasteiger partial charge in [-0.3, -0.25) is 9.59 Å². The summed E-state index contributed by atoms with van der Waals surface area (Å²) in [6, 6.07) is 2.13. The number of rotatable bonds is 4. The molecule has 1 aliphatic carbocycles.